The van der Waals surface area contributed by atoms with Crippen molar-refractivity contribution in [2.75, 3.05) is 6.61 Å². The van der Waals surface area contributed by atoms with Gasteiger partial charge in [-0.15, -0.1) is 11.3 Å². The number of rotatable bonds is 5. The number of aryl methyl sites for hydroxylation is 1. The molecule has 0 N–H and O–H groups in total. The van der Waals surface area contributed by atoms with Crippen LogP contribution in [0.4, 0.5) is 0 Å². The Kier molecular flexibility index (Phi) is 4.15. The maximum Gasteiger partial charge on any atom is 0.311 e. The smallest absolute Gasteiger partial charge is 0.311 e. The lowest BCUT2D eigenvalue weighted by Gasteiger charge is -2.00. The third kappa shape index (κ3) is 2.79. The summed E-state index contributed by atoms with van der Waals surface area (Å²) in [6, 6.07) is 3.91. The summed E-state index contributed by atoms with van der Waals surface area (Å²) in [5, 5.41) is 0.899. The molecule has 2 aromatic rings. The fourth-order valence-corrected chi connectivity index (χ4v) is 2.69. The molecule has 0 saturated heterocycles. The predicted octanol–water partition coefficient (Wildman–Crippen LogP) is 2.60. The van der Waals surface area contributed by atoms with E-state index in [4.69, 9.17) is 4.74 Å². The molecule has 0 unspecified atom stereocenters. The van der Waals surface area contributed by atoms with Crippen molar-refractivity contribution >= 4 is 17.3 Å². The van der Waals surface area contributed by atoms with Gasteiger partial charge in [-0.25, -0.2) is 4.98 Å². The number of hydrogen-bond acceptors (Lipinski definition) is 4. The molecule has 0 aromatic carbocycles. The summed E-state index contributed by atoms with van der Waals surface area (Å²) >= 11 is 1.62. The number of carbonyl (C=O) groups excluding carboxylic acids is 1. The summed E-state index contributed by atoms with van der Waals surface area (Å²) in [6.07, 6.45) is 5.04. The summed E-state index contributed by atoms with van der Waals surface area (Å²) in [5.74, 6) is -0.212. The van der Waals surface area contributed by atoms with E-state index in [9.17, 15) is 4.79 Å². The van der Waals surface area contributed by atoms with Crippen LogP contribution in [-0.2, 0) is 22.4 Å². The Hall–Kier alpha value is -1.62. The van der Waals surface area contributed by atoms with Gasteiger partial charge in [-0.3, -0.25) is 4.79 Å². The first-order chi connectivity index (χ1) is 8.74. The van der Waals surface area contributed by atoms with Crippen molar-refractivity contribution in [3.63, 3.8) is 0 Å². The molecular weight excluding hydrogens is 248 g/mol. The van der Waals surface area contributed by atoms with Crippen LogP contribution in [0, 0.1) is 0 Å². The van der Waals surface area contributed by atoms with Gasteiger partial charge in [-0.05, 0) is 25.5 Å². The van der Waals surface area contributed by atoms with Gasteiger partial charge < -0.3 is 9.30 Å². The summed E-state index contributed by atoms with van der Waals surface area (Å²) in [4.78, 5) is 17.2. The summed E-state index contributed by atoms with van der Waals surface area (Å²) in [7, 11) is 0. The molecule has 2 aromatic heterocycles. The Labute approximate surface area is 110 Å². The first-order valence-corrected chi connectivity index (χ1v) is 6.83. The average molecular weight is 264 g/mol. The molecule has 0 amide bonds. The van der Waals surface area contributed by atoms with E-state index < -0.39 is 0 Å². The van der Waals surface area contributed by atoms with Crippen molar-refractivity contribution in [2.24, 2.45) is 0 Å². The Balaban J connectivity index is 2.22. The molecule has 0 bridgehead atoms. The molecule has 0 radical (unpaired) electrons. The van der Waals surface area contributed by atoms with Gasteiger partial charge in [0.25, 0.3) is 0 Å². The van der Waals surface area contributed by atoms with Gasteiger partial charge in [-0.2, -0.15) is 0 Å². The lowest BCUT2D eigenvalue weighted by atomic mass is 10.2. The molecule has 4 nitrogen and oxygen atoms in total. The Bertz CT molecular complexity index is 517. The maximum absolute atomic E-state index is 11.5. The highest BCUT2D eigenvalue weighted by molar-refractivity contribution is 7.14. The van der Waals surface area contributed by atoms with E-state index in [0.29, 0.717) is 6.61 Å². The zero-order valence-electron chi connectivity index (χ0n) is 10.5. The molecule has 0 spiro atoms. The van der Waals surface area contributed by atoms with Crippen LogP contribution >= 0.6 is 11.3 Å². The standard InChI is InChI=1S/C13H16N2O2S/c1-3-11-10(9-12(16)17-4-2)14-13(18-11)15-7-5-6-8-15/h5-8H,3-4,9H2,1-2H3. The van der Waals surface area contributed by atoms with Crippen LogP contribution in [0.1, 0.15) is 24.4 Å². The van der Waals surface area contributed by atoms with Crippen molar-refractivity contribution in [3.05, 3.63) is 35.1 Å². The number of ether oxygens (including phenoxy) is 1. The highest BCUT2D eigenvalue weighted by atomic mass is 32.1. The van der Waals surface area contributed by atoms with Crippen LogP contribution < -0.4 is 0 Å². The van der Waals surface area contributed by atoms with Crippen LogP contribution in [0.5, 0.6) is 0 Å². The predicted molar refractivity (Wildman–Crippen MR) is 71.2 cm³/mol. The van der Waals surface area contributed by atoms with Crippen LogP contribution in [0.25, 0.3) is 5.13 Å². The Morgan fingerprint density at radius 2 is 2.11 bits per heavy atom. The fraction of sp³-hybridized carbons (Fsp3) is 0.385. The van der Waals surface area contributed by atoms with Crippen LogP contribution in [0.2, 0.25) is 0 Å². The lowest BCUT2D eigenvalue weighted by molar-refractivity contribution is -0.142. The van der Waals surface area contributed by atoms with Crippen molar-refractivity contribution < 1.29 is 9.53 Å². The second-order valence-electron chi connectivity index (χ2n) is 3.79. The molecule has 0 aliphatic carbocycles. The minimum atomic E-state index is -0.212. The van der Waals surface area contributed by atoms with Gasteiger partial charge in [0.05, 0.1) is 18.7 Å². The van der Waals surface area contributed by atoms with Crippen molar-refractivity contribution in [3.8, 4) is 5.13 Å². The zero-order chi connectivity index (χ0) is 13.0. The normalized spacial score (nSPS) is 10.6. The molecule has 0 aliphatic heterocycles. The SMILES string of the molecule is CCOC(=O)Cc1nc(-n2cccc2)sc1CC. The number of nitrogens with zero attached hydrogens (tertiary/aromatic N) is 2. The van der Waals surface area contributed by atoms with E-state index in [0.717, 1.165) is 22.1 Å². The van der Waals surface area contributed by atoms with E-state index in [2.05, 4.69) is 11.9 Å². The van der Waals surface area contributed by atoms with Crippen LogP contribution in [-0.4, -0.2) is 22.1 Å². The molecular formula is C13H16N2O2S. The first-order valence-electron chi connectivity index (χ1n) is 6.02. The van der Waals surface area contributed by atoms with Crippen LogP contribution in [0.3, 0.4) is 0 Å². The first kappa shape index (κ1) is 12.8. The highest BCUT2D eigenvalue weighted by Gasteiger charge is 2.14. The third-order valence-electron chi connectivity index (χ3n) is 2.53. The van der Waals surface area contributed by atoms with E-state index >= 15 is 0 Å². The Morgan fingerprint density at radius 1 is 1.39 bits per heavy atom. The van der Waals surface area contributed by atoms with E-state index in [-0.39, 0.29) is 12.4 Å². The largest absolute Gasteiger partial charge is 0.466 e. The number of esters is 1. The average Bonchev–Trinajstić information content (AvgIpc) is 2.97. The van der Waals surface area contributed by atoms with Gasteiger partial charge in [0.1, 0.15) is 0 Å². The highest BCUT2D eigenvalue weighted by Crippen LogP contribution is 2.23. The summed E-state index contributed by atoms with van der Waals surface area (Å²) < 4.78 is 6.92. The van der Waals surface area contributed by atoms with E-state index in [1.807, 2.05) is 36.0 Å². The van der Waals surface area contributed by atoms with E-state index in [1.54, 1.807) is 11.3 Å². The molecule has 2 heterocycles. The molecule has 2 rings (SSSR count). The van der Waals surface area contributed by atoms with Crippen molar-refractivity contribution in [1.82, 2.24) is 9.55 Å². The van der Waals surface area contributed by atoms with Gasteiger partial charge in [-0.1, -0.05) is 6.92 Å². The zero-order valence-corrected chi connectivity index (χ0v) is 11.4. The minimum Gasteiger partial charge on any atom is -0.466 e. The second-order valence-corrected chi connectivity index (χ2v) is 4.85. The summed E-state index contributed by atoms with van der Waals surface area (Å²) in [6.45, 7) is 4.29. The van der Waals surface area contributed by atoms with Crippen LogP contribution in [0.15, 0.2) is 24.5 Å². The van der Waals surface area contributed by atoms with Gasteiger partial charge in [0.2, 0.25) is 0 Å². The van der Waals surface area contributed by atoms with Gasteiger partial charge >= 0.3 is 5.97 Å². The monoisotopic (exact) mass is 264 g/mol. The Morgan fingerprint density at radius 3 is 2.72 bits per heavy atom. The fourth-order valence-electron chi connectivity index (χ4n) is 1.71. The summed E-state index contributed by atoms with van der Waals surface area (Å²) in [5.41, 5.74) is 0.838. The molecule has 96 valence electrons. The maximum atomic E-state index is 11.5. The number of hydrogen-bond donors (Lipinski definition) is 0. The topological polar surface area (TPSA) is 44.1 Å². The number of thiazole rings is 1. The minimum absolute atomic E-state index is 0.212. The third-order valence-corrected chi connectivity index (χ3v) is 3.79. The molecule has 0 saturated carbocycles. The lowest BCUT2D eigenvalue weighted by Crippen LogP contribution is -2.09. The number of aromatic nitrogens is 2. The second kappa shape index (κ2) is 5.82. The molecule has 18 heavy (non-hydrogen) atoms. The van der Waals surface area contributed by atoms with Crippen molar-refractivity contribution in [1.29, 1.82) is 0 Å². The van der Waals surface area contributed by atoms with E-state index in [1.165, 1.54) is 0 Å². The van der Waals surface area contributed by atoms with Gasteiger partial charge in [0.15, 0.2) is 5.13 Å². The van der Waals surface area contributed by atoms with Gasteiger partial charge in [0, 0.05) is 17.3 Å². The molecule has 0 aliphatic rings. The quantitative estimate of drug-likeness (QED) is 0.780. The molecule has 5 heteroatoms. The number of carbonyl (C=O) groups is 1. The molecule has 0 fully saturated rings. The van der Waals surface area contributed by atoms with Crippen molar-refractivity contribution in [2.45, 2.75) is 26.7 Å². The molecule has 0 atom stereocenters.